The molecule has 0 radical (unpaired) electrons. The second-order valence-corrected chi connectivity index (χ2v) is 6.97. The third-order valence-electron chi connectivity index (χ3n) is 4.90. The lowest BCUT2D eigenvalue weighted by atomic mass is 9.97. The van der Waals surface area contributed by atoms with Gasteiger partial charge in [0.15, 0.2) is 0 Å². The van der Waals surface area contributed by atoms with Gasteiger partial charge in [0.2, 0.25) is 11.9 Å². The summed E-state index contributed by atoms with van der Waals surface area (Å²) >= 11 is 0. The number of nitrogens with zero attached hydrogens (tertiary/aromatic N) is 4. The minimum Gasteiger partial charge on any atom is -0.354 e. The molecule has 0 aliphatic carbocycles. The molecule has 1 fully saturated rings. The Morgan fingerprint density at radius 2 is 1.96 bits per heavy atom. The standard InChI is InChI=1S/C20H27N5O/c1-24(2)18(16-8-4-3-5-9-16)14-23-19(26)17-10-6-13-25(15-17)20-21-11-7-12-22-20/h3-5,7-9,11-12,17-18H,6,10,13-15H2,1-2H3,(H,23,26). The molecule has 1 saturated heterocycles. The first-order chi connectivity index (χ1) is 12.6. The molecule has 1 amide bonds. The molecule has 2 aromatic rings. The van der Waals surface area contributed by atoms with Crippen molar-refractivity contribution in [1.82, 2.24) is 20.2 Å². The number of hydrogen-bond acceptors (Lipinski definition) is 5. The number of nitrogens with one attached hydrogen (secondary N) is 1. The van der Waals surface area contributed by atoms with Crippen LogP contribution in [0.15, 0.2) is 48.8 Å². The third-order valence-corrected chi connectivity index (χ3v) is 4.90. The maximum Gasteiger partial charge on any atom is 0.225 e. The zero-order chi connectivity index (χ0) is 18.4. The van der Waals surface area contributed by atoms with E-state index in [4.69, 9.17) is 0 Å². The number of carbonyl (C=O) groups is 1. The van der Waals surface area contributed by atoms with Gasteiger partial charge in [-0.15, -0.1) is 0 Å². The Kier molecular flexibility index (Phi) is 6.17. The van der Waals surface area contributed by atoms with Gasteiger partial charge in [0.05, 0.1) is 12.0 Å². The molecule has 138 valence electrons. The van der Waals surface area contributed by atoms with Gasteiger partial charge in [-0.3, -0.25) is 4.79 Å². The molecule has 3 rings (SSSR count). The Morgan fingerprint density at radius 1 is 1.23 bits per heavy atom. The fraction of sp³-hybridized carbons (Fsp3) is 0.450. The van der Waals surface area contributed by atoms with Gasteiger partial charge in [-0.2, -0.15) is 0 Å². The lowest BCUT2D eigenvalue weighted by molar-refractivity contribution is -0.125. The molecule has 2 unspecified atom stereocenters. The van der Waals surface area contributed by atoms with Gasteiger partial charge in [-0.05, 0) is 38.6 Å². The molecule has 2 atom stereocenters. The van der Waals surface area contributed by atoms with Crippen LogP contribution in [-0.2, 0) is 4.79 Å². The molecule has 1 aromatic heterocycles. The average molecular weight is 353 g/mol. The number of benzene rings is 1. The van der Waals surface area contributed by atoms with Crippen molar-refractivity contribution in [2.75, 3.05) is 38.6 Å². The summed E-state index contributed by atoms with van der Waals surface area (Å²) in [5.74, 6) is 0.806. The van der Waals surface area contributed by atoms with Gasteiger partial charge < -0.3 is 15.1 Å². The van der Waals surface area contributed by atoms with E-state index in [2.05, 4.69) is 37.2 Å². The minimum atomic E-state index is -0.0221. The molecule has 1 aliphatic rings. The minimum absolute atomic E-state index is 0.0221. The normalized spacial score (nSPS) is 18.6. The van der Waals surface area contributed by atoms with Crippen LogP contribution in [0, 0.1) is 5.92 Å². The molecule has 0 bridgehead atoms. The average Bonchev–Trinajstić information content (AvgIpc) is 2.69. The van der Waals surface area contributed by atoms with Crippen molar-refractivity contribution in [2.45, 2.75) is 18.9 Å². The van der Waals surface area contributed by atoms with Crippen molar-refractivity contribution in [3.63, 3.8) is 0 Å². The second-order valence-electron chi connectivity index (χ2n) is 6.97. The highest BCUT2D eigenvalue weighted by atomic mass is 16.1. The van der Waals surface area contributed by atoms with Gasteiger partial charge in [0, 0.05) is 32.0 Å². The summed E-state index contributed by atoms with van der Waals surface area (Å²) in [6.45, 7) is 2.18. The number of piperidine rings is 1. The number of hydrogen-bond donors (Lipinski definition) is 1. The van der Waals surface area contributed by atoms with E-state index < -0.39 is 0 Å². The topological polar surface area (TPSA) is 61.4 Å². The SMILES string of the molecule is CN(C)C(CNC(=O)C1CCCN(c2ncccn2)C1)c1ccccc1. The first-order valence-electron chi connectivity index (χ1n) is 9.16. The monoisotopic (exact) mass is 353 g/mol. The Morgan fingerprint density at radius 3 is 2.65 bits per heavy atom. The van der Waals surface area contributed by atoms with Crippen molar-refractivity contribution in [2.24, 2.45) is 5.92 Å². The van der Waals surface area contributed by atoms with E-state index in [0.717, 1.165) is 19.4 Å². The maximum absolute atomic E-state index is 12.7. The maximum atomic E-state index is 12.7. The van der Waals surface area contributed by atoms with Gasteiger partial charge in [0.25, 0.3) is 0 Å². The Balaban J connectivity index is 1.58. The van der Waals surface area contributed by atoms with E-state index in [1.165, 1.54) is 5.56 Å². The molecule has 26 heavy (non-hydrogen) atoms. The van der Waals surface area contributed by atoms with E-state index in [0.29, 0.717) is 19.0 Å². The molecule has 2 heterocycles. The first-order valence-corrected chi connectivity index (χ1v) is 9.16. The largest absolute Gasteiger partial charge is 0.354 e. The lowest BCUT2D eigenvalue weighted by Crippen LogP contribution is -2.45. The van der Waals surface area contributed by atoms with Gasteiger partial charge in [0.1, 0.15) is 0 Å². The van der Waals surface area contributed by atoms with Crippen molar-refractivity contribution in [3.05, 3.63) is 54.4 Å². The number of rotatable bonds is 6. The number of aromatic nitrogens is 2. The predicted octanol–water partition coefficient (Wildman–Crippen LogP) is 2.11. The highest BCUT2D eigenvalue weighted by Gasteiger charge is 2.27. The smallest absolute Gasteiger partial charge is 0.225 e. The predicted molar refractivity (Wildman–Crippen MR) is 103 cm³/mol. The third kappa shape index (κ3) is 4.58. The number of likely N-dealkylation sites (N-methyl/N-ethyl adjacent to an activating group) is 1. The second kappa shape index (κ2) is 8.76. The number of anilines is 1. The van der Waals surface area contributed by atoms with Crippen LogP contribution in [0.2, 0.25) is 0 Å². The van der Waals surface area contributed by atoms with Gasteiger partial charge in [-0.25, -0.2) is 9.97 Å². The van der Waals surface area contributed by atoms with Crippen molar-refractivity contribution >= 4 is 11.9 Å². The van der Waals surface area contributed by atoms with Crippen LogP contribution in [0.5, 0.6) is 0 Å². The van der Waals surface area contributed by atoms with Gasteiger partial charge >= 0.3 is 0 Å². The quantitative estimate of drug-likeness (QED) is 0.862. The van der Waals surface area contributed by atoms with Crippen LogP contribution in [0.3, 0.4) is 0 Å². The van der Waals surface area contributed by atoms with Crippen LogP contribution < -0.4 is 10.2 Å². The summed E-state index contributed by atoms with van der Waals surface area (Å²) in [7, 11) is 4.08. The Bertz CT molecular complexity index is 692. The van der Waals surface area contributed by atoms with Gasteiger partial charge in [-0.1, -0.05) is 30.3 Å². The summed E-state index contributed by atoms with van der Waals surface area (Å²) in [6.07, 6.45) is 5.38. The molecular formula is C20H27N5O. The highest BCUT2D eigenvalue weighted by molar-refractivity contribution is 5.79. The number of amides is 1. The van der Waals surface area contributed by atoms with Crippen molar-refractivity contribution in [1.29, 1.82) is 0 Å². The Labute approximate surface area is 155 Å². The zero-order valence-corrected chi connectivity index (χ0v) is 15.5. The molecular weight excluding hydrogens is 326 g/mol. The fourth-order valence-electron chi connectivity index (χ4n) is 3.44. The van der Waals surface area contributed by atoms with E-state index in [-0.39, 0.29) is 17.9 Å². The molecule has 1 aliphatic heterocycles. The van der Waals surface area contributed by atoms with Crippen LogP contribution in [0.25, 0.3) is 0 Å². The van der Waals surface area contributed by atoms with Crippen LogP contribution in [0.1, 0.15) is 24.4 Å². The molecule has 0 saturated carbocycles. The highest BCUT2D eigenvalue weighted by Crippen LogP contribution is 2.21. The summed E-state index contributed by atoms with van der Waals surface area (Å²) < 4.78 is 0. The molecule has 6 nitrogen and oxygen atoms in total. The van der Waals surface area contributed by atoms with Crippen molar-refractivity contribution < 1.29 is 4.79 Å². The van der Waals surface area contributed by atoms with E-state index in [9.17, 15) is 4.79 Å². The van der Waals surface area contributed by atoms with E-state index in [1.54, 1.807) is 12.4 Å². The Hall–Kier alpha value is -2.47. The molecule has 1 N–H and O–H groups in total. The summed E-state index contributed by atoms with van der Waals surface area (Å²) in [5.41, 5.74) is 1.21. The zero-order valence-electron chi connectivity index (χ0n) is 15.5. The van der Waals surface area contributed by atoms with Crippen LogP contribution in [0.4, 0.5) is 5.95 Å². The molecule has 6 heteroatoms. The molecule has 1 aromatic carbocycles. The summed E-state index contributed by atoms with van der Waals surface area (Å²) in [5, 5.41) is 3.16. The first kappa shape index (κ1) is 18.3. The molecule has 0 spiro atoms. The van der Waals surface area contributed by atoms with Crippen molar-refractivity contribution in [3.8, 4) is 0 Å². The summed E-state index contributed by atoms with van der Waals surface area (Å²) in [6, 6.07) is 12.3. The summed E-state index contributed by atoms with van der Waals surface area (Å²) in [4.78, 5) is 25.6. The van der Waals surface area contributed by atoms with E-state index >= 15 is 0 Å². The van der Waals surface area contributed by atoms with E-state index in [1.807, 2.05) is 38.4 Å². The number of carbonyl (C=O) groups excluding carboxylic acids is 1. The fourth-order valence-corrected chi connectivity index (χ4v) is 3.44. The lowest BCUT2D eigenvalue weighted by Gasteiger charge is -2.32. The van der Waals surface area contributed by atoms with Crippen LogP contribution >= 0.6 is 0 Å². The van der Waals surface area contributed by atoms with Crippen LogP contribution in [-0.4, -0.2) is 54.5 Å².